The summed E-state index contributed by atoms with van der Waals surface area (Å²) in [5, 5.41) is 8.88. The van der Waals surface area contributed by atoms with Crippen molar-refractivity contribution in [1.82, 2.24) is 4.90 Å². The fourth-order valence-electron chi connectivity index (χ4n) is 1.57. The van der Waals surface area contributed by atoms with Crippen LogP contribution >= 0.6 is 0 Å². The molecular formula is C13H17NO4. The number of carbonyl (C=O) groups is 2. The molecular weight excluding hydrogens is 234 g/mol. The average Bonchev–Trinajstić information content (AvgIpc) is 2.39. The van der Waals surface area contributed by atoms with Gasteiger partial charge in [-0.15, -0.1) is 0 Å². The minimum atomic E-state index is -1.04. The minimum Gasteiger partial charge on any atom is -0.478 e. The van der Waals surface area contributed by atoms with Crippen molar-refractivity contribution < 1.29 is 19.4 Å². The smallest absolute Gasteiger partial charge is 0.335 e. The highest BCUT2D eigenvalue weighted by molar-refractivity contribution is 5.97. The predicted molar refractivity (Wildman–Crippen MR) is 66.9 cm³/mol. The van der Waals surface area contributed by atoms with Gasteiger partial charge in [0.25, 0.3) is 5.91 Å². The largest absolute Gasteiger partial charge is 0.478 e. The first-order valence-electron chi connectivity index (χ1n) is 5.71. The fraction of sp³-hybridized carbons (Fsp3) is 0.385. The number of benzene rings is 1. The van der Waals surface area contributed by atoms with Crippen LogP contribution in [0.4, 0.5) is 0 Å². The lowest BCUT2D eigenvalue weighted by Crippen LogP contribution is -2.33. The van der Waals surface area contributed by atoms with E-state index >= 15 is 0 Å². The number of aromatic carboxylic acids is 1. The van der Waals surface area contributed by atoms with E-state index < -0.39 is 5.97 Å². The second-order valence-electron chi connectivity index (χ2n) is 3.76. The molecule has 0 saturated carbocycles. The number of nitrogens with zero attached hydrogens (tertiary/aromatic N) is 1. The third-order valence-electron chi connectivity index (χ3n) is 2.59. The maximum absolute atomic E-state index is 12.1. The van der Waals surface area contributed by atoms with Crippen LogP contribution in [0, 0.1) is 0 Å². The number of amides is 1. The molecule has 5 heteroatoms. The Balaban J connectivity index is 2.87. The molecule has 0 aromatic heterocycles. The van der Waals surface area contributed by atoms with Gasteiger partial charge in [-0.3, -0.25) is 4.79 Å². The van der Waals surface area contributed by atoms with Crippen molar-refractivity contribution in [2.24, 2.45) is 0 Å². The molecule has 0 aliphatic heterocycles. The number of carboxylic acids is 1. The summed E-state index contributed by atoms with van der Waals surface area (Å²) in [4.78, 5) is 24.6. The number of hydrogen-bond donors (Lipinski definition) is 1. The zero-order chi connectivity index (χ0) is 13.5. The van der Waals surface area contributed by atoms with E-state index in [-0.39, 0.29) is 11.5 Å². The standard InChI is InChI=1S/C13H17NO4/c1-3-14(7-8-18-2)12(15)10-5-4-6-11(9-10)13(16)17/h4-6,9H,3,7-8H2,1-2H3,(H,16,17). The topological polar surface area (TPSA) is 66.8 Å². The van der Waals surface area contributed by atoms with Crippen molar-refractivity contribution in [2.75, 3.05) is 26.8 Å². The van der Waals surface area contributed by atoms with Gasteiger partial charge in [-0.1, -0.05) is 6.07 Å². The average molecular weight is 251 g/mol. The number of methoxy groups -OCH3 is 1. The first-order chi connectivity index (χ1) is 8.60. The van der Waals surface area contributed by atoms with Crippen molar-refractivity contribution in [3.05, 3.63) is 35.4 Å². The Kier molecular flexibility index (Phi) is 5.32. The molecule has 0 radical (unpaired) electrons. The first-order valence-corrected chi connectivity index (χ1v) is 5.71. The molecule has 1 aromatic carbocycles. The number of ether oxygens (including phenoxy) is 1. The summed E-state index contributed by atoms with van der Waals surface area (Å²) in [6.07, 6.45) is 0. The van der Waals surface area contributed by atoms with Crippen molar-refractivity contribution in [3.63, 3.8) is 0 Å². The monoisotopic (exact) mass is 251 g/mol. The maximum Gasteiger partial charge on any atom is 0.335 e. The molecule has 1 amide bonds. The van der Waals surface area contributed by atoms with Crippen LogP contribution < -0.4 is 0 Å². The van der Waals surface area contributed by atoms with Gasteiger partial charge in [-0.25, -0.2) is 4.79 Å². The van der Waals surface area contributed by atoms with Crippen LogP contribution in [0.1, 0.15) is 27.6 Å². The predicted octanol–water partition coefficient (Wildman–Crippen LogP) is 1.49. The lowest BCUT2D eigenvalue weighted by Gasteiger charge is -2.20. The molecule has 0 saturated heterocycles. The SMILES string of the molecule is CCN(CCOC)C(=O)c1cccc(C(=O)O)c1. The molecule has 0 aliphatic rings. The Morgan fingerprint density at radius 3 is 2.56 bits per heavy atom. The van der Waals surface area contributed by atoms with Gasteiger partial charge in [-0.05, 0) is 25.1 Å². The molecule has 0 fully saturated rings. The molecule has 98 valence electrons. The lowest BCUT2D eigenvalue weighted by atomic mass is 10.1. The van der Waals surface area contributed by atoms with E-state index in [9.17, 15) is 9.59 Å². The van der Waals surface area contributed by atoms with Crippen molar-refractivity contribution in [3.8, 4) is 0 Å². The molecule has 1 N–H and O–H groups in total. The molecule has 0 heterocycles. The fourth-order valence-corrected chi connectivity index (χ4v) is 1.57. The number of hydrogen-bond acceptors (Lipinski definition) is 3. The van der Waals surface area contributed by atoms with Crippen LogP contribution in [0.5, 0.6) is 0 Å². The summed E-state index contributed by atoms with van der Waals surface area (Å²) < 4.78 is 4.93. The Bertz CT molecular complexity index is 431. The molecule has 0 atom stereocenters. The summed E-state index contributed by atoms with van der Waals surface area (Å²) in [6, 6.07) is 6.04. The molecule has 0 unspecified atom stereocenters. The van der Waals surface area contributed by atoms with Gasteiger partial charge in [0, 0.05) is 25.8 Å². The molecule has 1 aromatic rings. The van der Waals surface area contributed by atoms with Gasteiger partial charge in [0.2, 0.25) is 0 Å². The first kappa shape index (κ1) is 14.2. The summed E-state index contributed by atoms with van der Waals surface area (Å²) in [7, 11) is 1.57. The molecule has 0 aliphatic carbocycles. The van der Waals surface area contributed by atoms with Gasteiger partial charge in [0.15, 0.2) is 0 Å². The van der Waals surface area contributed by atoms with E-state index in [2.05, 4.69) is 0 Å². The van der Waals surface area contributed by atoms with Crippen LogP contribution in [0.2, 0.25) is 0 Å². The van der Waals surface area contributed by atoms with E-state index in [1.54, 1.807) is 24.1 Å². The molecule has 5 nitrogen and oxygen atoms in total. The molecule has 1 rings (SSSR count). The number of carboxylic acid groups (broad SMARTS) is 1. The van der Waals surface area contributed by atoms with Gasteiger partial charge in [-0.2, -0.15) is 0 Å². The van der Waals surface area contributed by atoms with E-state index in [1.165, 1.54) is 12.1 Å². The van der Waals surface area contributed by atoms with Crippen LogP contribution in [0.25, 0.3) is 0 Å². The normalized spacial score (nSPS) is 10.1. The lowest BCUT2D eigenvalue weighted by molar-refractivity contribution is 0.0696. The van der Waals surface area contributed by atoms with E-state index in [1.807, 2.05) is 6.92 Å². The zero-order valence-corrected chi connectivity index (χ0v) is 10.5. The van der Waals surface area contributed by atoms with Crippen LogP contribution in [0.15, 0.2) is 24.3 Å². The van der Waals surface area contributed by atoms with Crippen LogP contribution in [-0.2, 0) is 4.74 Å². The molecule has 18 heavy (non-hydrogen) atoms. The van der Waals surface area contributed by atoms with Gasteiger partial charge >= 0.3 is 5.97 Å². The summed E-state index contributed by atoms with van der Waals surface area (Å²) >= 11 is 0. The highest BCUT2D eigenvalue weighted by Gasteiger charge is 2.15. The number of rotatable bonds is 6. The van der Waals surface area contributed by atoms with Crippen LogP contribution in [-0.4, -0.2) is 48.7 Å². The third-order valence-corrected chi connectivity index (χ3v) is 2.59. The molecule has 0 spiro atoms. The Hall–Kier alpha value is -1.88. The second kappa shape index (κ2) is 6.76. The van der Waals surface area contributed by atoms with E-state index in [0.29, 0.717) is 25.3 Å². The Labute approximate surface area is 106 Å². The number of carbonyl (C=O) groups excluding carboxylic acids is 1. The Morgan fingerprint density at radius 2 is 2.00 bits per heavy atom. The van der Waals surface area contributed by atoms with Crippen molar-refractivity contribution in [2.45, 2.75) is 6.92 Å². The highest BCUT2D eigenvalue weighted by atomic mass is 16.5. The summed E-state index contributed by atoms with van der Waals surface area (Å²) in [6.45, 7) is 3.37. The van der Waals surface area contributed by atoms with Gasteiger partial charge in [0.05, 0.1) is 12.2 Å². The zero-order valence-electron chi connectivity index (χ0n) is 10.5. The van der Waals surface area contributed by atoms with E-state index in [0.717, 1.165) is 0 Å². The summed E-state index contributed by atoms with van der Waals surface area (Å²) in [5.41, 5.74) is 0.497. The Morgan fingerprint density at radius 1 is 1.33 bits per heavy atom. The van der Waals surface area contributed by atoms with Crippen molar-refractivity contribution >= 4 is 11.9 Å². The van der Waals surface area contributed by atoms with Crippen LogP contribution in [0.3, 0.4) is 0 Å². The van der Waals surface area contributed by atoms with Crippen molar-refractivity contribution in [1.29, 1.82) is 0 Å². The quantitative estimate of drug-likeness (QED) is 0.831. The van der Waals surface area contributed by atoms with Gasteiger partial charge in [0.1, 0.15) is 0 Å². The minimum absolute atomic E-state index is 0.114. The van der Waals surface area contributed by atoms with E-state index in [4.69, 9.17) is 9.84 Å². The maximum atomic E-state index is 12.1. The second-order valence-corrected chi connectivity index (χ2v) is 3.76. The third kappa shape index (κ3) is 3.56. The summed E-state index contributed by atoms with van der Waals surface area (Å²) in [5.74, 6) is -1.22. The highest BCUT2D eigenvalue weighted by Crippen LogP contribution is 2.08. The molecule has 0 bridgehead atoms. The number of likely N-dealkylation sites (N-methyl/N-ethyl adjacent to an activating group) is 1. The van der Waals surface area contributed by atoms with Gasteiger partial charge < -0.3 is 14.7 Å².